The summed E-state index contributed by atoms with van der Waals surface area (Å²) in [6.45, 7) is 0. The maximum atomic E-state index is 13.3. The molecule has 9 fully saturated rings. The highest BCUT2D eigenvalue weighted by atomic mass is 16.2. The molecule has 6 amide bonds. The van der Waals surface area contributed by atoms with Crippen LogP contribution in [0.15, 0.2) is 0 Å². The molecule has 1 aliphatic heterocycles. The first kappa shape index (κ1) is 23.0. The van der Waals surface area contributed by atoms with Crippen LogP contribution in [0.4, 0.5) is 14.4 Å². The van der Waals surface area contributed by atoms with Gasteiger partial charge in [0.15, 0.2) is 0 Å². The van der Waals surface area contributed by atoms with Crippen LogP contribution in [-0.4, -0.2) is 65.4 Å². The maximum Gasteiger partial charge on any atom is 0.323 e. The van der Waals surface area contributed by atoms with Gasteiger partial charge in [-0.3, -0.25) is 0 Å². The van der Waals surface area contributed by atoms with Crippen molar-refractivity contribution >= 4 is 18.1 Å². The Morgan fingerprint density at radius 1 is 0.611 bits per heavy atom. The number of carbonyl (C=O) groups is 3. The van der Waals surface area contributed by atoms with Crippen LogP contribution in [0, 0.1) is 35.5 Å². The van der Waals surface area contributed by atoms with Crippen molar-refractivity contribution in [3.8, 4) is 0 Å². The molecule has 4 N–H and O–H groups in total. The van der Waals surface area contributed by atoms with E-state index in [9.17, 15) is 14.4 Å². The lowest BCUT2D eigenvalue weighted by Crippen LogP contribution is -2.66. The molecule has 8 saturated carbocycles. The monoisotopic (exact) mass is 498 g/mol. The van der Waals surface area contributed by atoms with Crippen LogP contribution in [0.2, 0.25) is 0 Å². The predicted molar refractivity (Wildman–Crippen MR) is 134 cm³/mol. The van der Waals surface area contributed by atoms with Crippen molar-refractivity contribution in [3.05, 3.63) is 0 Å². The molecule has 2 unspecified atom stereocenters. The Hall–Kier alpha value is -2.19. The van der Waals surface area contributed by atoms with E-state index in [4.69, 9.17) is 0 Å². The standard InChI is InChI=1S/C27H42N6O3/c1-32-21(28-23(34)30-26-9-15-3-16(10-26)5-17(4-15)11-26)22(33(2)25(32)36)29-24(35)31-27-12-18-6-19(13-27)8-20(7-18)14-27/h15-22H,3-14H2,1-2H3,(H2,28,30,34)(H2,29,31,35). The molecule has 8 bridgehead atoms. The highest BCUT2D eigenvalue weighted by Crippen LogP contribution is 2.56. The fourth-order valence-corrected chi connectivity index (χ4v) is 10.6. The first-order chi connectivity index (χ1) is 17.2. The summed E-state index contributed by atoms with van der Waals surface area (Å²) >= 11 is 0. The molecule has 9 heteroatoms. The van der Waals surface area contributed by atoms with E-state index >= 15 is 0 Å². The Labute approximate surface area is 213 Å². The van der Waals surface area contributed by atoms with E-state index in [2.05, 4.69) is 21.3 Å². The van der Waals surface area contributed by atoms with E-state index in [1.165, 1.54) is 48.3 Å². The molecule has 0 aromatic rings. The van der Waals surface area contributed by atoms with Crippen molar-refractivity contribution in [1.29, 1.82) is 0 Å². The van der Waals surface area contributed by atoms with Gasteiger partial charge in [-0.2, -0.15) is 0 Å². The summed E-state index contributed by atoms with van der Waals surface area (Å²) in [6.07, 6.45) is 13.1. The maximum absolute atomic E-state index is 13.3. The summed E-state index contributed by atoms with van der Waals surface area (Å²) in [5.41, 5.74) is -0.213. The number of hydrogen-bond acceptors (Lipinski definition) is 3. The summed E-state index contributed by atoms with van der Waals surface area (Å²) in [7, 11) is 3.38. The van der Waals surface area contributed by atoms with Crippen LogP contribution in [-0.2, 0) is 0 Å². The van der Waals surface area contributed by atoms with E-state index in [-0.39, 0.29) is 29.2 Å². The fraction of sp³-hybridized carbons (Fsp3) is 0.889. The smallest absolute Gasteiger partial charge is 0.323 e. The van der Waals surface area contributed by atoms with Gasteiger partial charge in [-0.15, -0.1) is 0 Å². The number of nitrogens with zero attached hydrogens (tertiary/aromatic N) is 2. The molecular weight excluding hydrogens is 456 g/mol. The van der Waals surface area contributed by atoms with Crippen molar-refractivity contribution < 1.29 is 14.4 Å². The average Bonchev–Trinajstić information content (AvgIpc) is 2.95. The molecule has 0 aromatic carbocycles. The third-order valence-electron chi connectivity index (χ3n) is 11.1. The molecule has 36 heavy (non-hydrogen) atoms. The fourth-order valence-electron chi connectivity index (χ4n) is 10.6. The van der Waals surface area contributed by atoms with E-state index in [1.807, 2.05) is 0 Å². The molecule has 9 nitrogen and oxygen atoms in total. The van der Waals surface area contributed by atoms with Crippen molar-refractivity contribution in [2.75, 3.05) is 14.1 Å². The summed E-state index contributed by atoms with van der Waals surface area (Å²) in [6, 6.07) is -0.675. The SMILES string of the molecule is CN1C(=O)N(C)C(NC(=O)NC23CC4CC(CC(C4)C2)C3)C1NC(=O)NC12CC3CC(CC(C3)C1)C2. The first-order valence-electron chi connectivity index (χ1n) is 14.4. The third-order valence-corrected chi connectivity index (χ3v) is 11.1. The summed E-state index contributed by atoms with van der Waals surface area (Å²) in [5, 5.41) is 12.8. The number of rotatable bonds is 4. The van der Waals surface area contributed by atoms with E-state index in [0.717, 1.165) is 74.0 Å². The molecule has 1 heterocycles. The molecule has 9 aliphatic rings. The van der Waals surface area contributed by atoms with E-state index in [0.29, 0.717) is 0 Å². The highest BCUT2D eigenvalue weighted by molar-refractivity contribution is 5.82. The van der Waals surface area contributed by atoms with Gasteiger partial charge in [-0.25, -0.2) is 14.4 Å². The molecule has 9 rings (SSSR count). The quantitative estimate of drug-likeness (QED) is 0.478. The number of hydrogen-bond donors (Lipinski definition) is 4. The normalized spacial score (nSPS) is 47.9. The zero-order valence-electron chi connectivity index (χ0n) is 21.7. The van der Waals surface area contributed by atoms with E-state index < -0.39 is 12.3 Å². The van der Waals surface area contributed by atoms with Crippen molar-refractivity contribution in [1.82, 2.24) is 31.1 Å². The second kappa shape index (κ2) is 7.90. The summed E-state index contributed by atoms with van der Waals surface area (Å²) < 4.78 is 0. The highest BCUT2D eigenvalue weighted by Gasteiger charge is 2.54. The molecule has 0 spiro atoms. The zero-order valence-corrected chi connectivity index (χ0v) is 21.7. The minimum absolute atomic E-state index is 0.106. The molecule has 1 saturated heterocycles. The van der Waals surface area contributed by atoms with Gasteiger partial charge in [0.1, 0.15) is 12.3 Å². The molecule has 2 atom stereocenters. The molecule has 0 radical (unpaired) electrons. The van der Waals surface area contributed by atoms with Gasteiger partial charge >= 0.3 is 18.1 Å². The third kappa shape index (κ3) is 3.74. The molecule has 198 valence electrons. The van der Waals surface area contributed by atoms with Crippen molar-refractivity contribution in [2.24, 2.45) is 35.5 Å². The summed E-state index contributed by atoms with van der Waals surface area (Å²) in [5.74, 6) is 4.42. The van der Waals surface area contributed by atoms with Gasteiger partial charge in [0.2, 0.25) is 0 Å². The number of carbonyl (C=O) groups excluding carboxylic acids is 3. The Balaban J connectivity index is 1.01. The lowest BCUT2D eigenvalue weighted by molar-refractivity contribution is -0.0148. The van der Waals surface area contributed by atoms with Crippen LogP contribution in [0.1, 0.15) is 77.0 Å². The van der Waals surface area contributed by atoms with Gasteiger partial charge in [0, 0.05) is 25.2 Å². The van der Waals surface area contributed by atoms with Gasteiger partial charge in [0.25, 0.3) is 0 Å². The van der Waals surface area contributed by atoms with Crippen LogP contribution >= 0.6 is 0 Å². The Bertz CT molecular complexity index is 823. The lowest BCUT2D eigenvalue weighted by Gasteiger charge is -2.57. The van der Waals surface area contributed by atoms with Crippen LogP contribution in [0.3, 0.4) is 0 Å². The Morgan fingerprint density at radius 2 is 0.889 bits per heavy atom. The van der Waals surface area contributed by atoms with Crippen LogP contribution in [0.25, 0.3) is 0 Å². The van der Waals surface area contributed by atoms with Gasteiger partial charge < -0.3 is 31.1 Å². The number of likely N-dealkylation sites (N-methyl/N-ethyl adjacent to an activating group) is 2. The second-order valence-electron chi connectivity index (χ2n) is 14.0. The largest absolute Gasteiger partial charge is 0.333 e. The second-order valence-corrected chi connectivity index (χ2v) is 14.0. The first-order valence-corrected chi connectivity index (χ1v) is 14.4. The predicted octanol–water partition coefficient (Wildman–Crippen LogP) is 3.17. The number of amides is 6. The zero-order chi connectivity index (χ0) is 24.8. The van der Waals surface area contributed by atoms with Crippen molar-refractivity contribution in [3.63, 3.8) is 0 Å². The van der Waals surface area contributed by atoms with Crippen molar-refractivity contribution in [2.45, 2.75) is 100 Å². The number of urea groups is 3. The number of nitrogens with one attached hydrogen (secondary N) is 4. The molecule has 0 aromatic heterocycles. The van der Waals surface area contributed by atoms with Gasteiger partial charge in [-0.1, -0.05) is 0 Å². The Morgan fingerprint density at radius 3 is 1.17 bits per heavy atom. The topological polar surface area (TPSA) is 106 Å². The van der Waals surface area contributed by atoms with Gasteiger partial charge in [0.05, 0.1) is 0 Å². The lowest BCUT2D eigenvalue weighted by atomic mass is 9.53. The van der Waals surface area contributed by atoms with E-state index in [1.54, 1.807) is 14.1 Å². The molecule has 8 aliphatic carbocycles. The van der Waals surface area contributed by atoms with Crippen LogP contribution in [0.5, 0.6) is 0 Å². The van der Waals surface area contributed by atoms with Crippen LogP contribution < -0.4 is 21.3 Å². The average molecular weight is 499 g/mol. The minimum Gasteiger partial charge on any atom is -0.333 e. The van der Waals surface area contributed by atoms with Gasteiger partial charge in [-0.05, 0) is 113 Å². The minimum atomic E-state index is -0.626. The Kier molecular flexibility index (Phi) is 5.04. The summed E-state index contributed by atoms with van der Waals surface area (Å²) in [4.78, 5) is 42.4. The molecular formula is C27H42N6O3.